The Morgan fingerprint density at radius 1 is 1.33 bits per heavy atom. The molecular weight excluding hydrogens is 448 g/mol. The molecule has 3 nitrogen and oxygen atoms in total. The van der Waals surface area contributed by atoms with Crippen LogP contribution in [0.25, 0.3) is 0 Å². The molecule has 0 radical (unpaired) electrons. The lowest BCUT2D eigenvalue weighted by Gasteiger charge is -2.12. The second-order valence-electron chi connectivity index (χ2n) is 5.72. The maximum absolute atomic E-state index is 13.5. The monoisotopic (exact) mass is 467 g/mol. The summed E-state index contributed by atoms with van der Waals surface area (Å²) in [6, 6.07) is 5.98. The molecule has 0 unspecified atom stereocenters. The van der Waals surface area contributed by atoms with Crippen LogP contribution in [-0.2, 0) is 0 Å². The fourth-order valence-electron chi connectivity index (χ4n) is 2.92. The third-order valence-corrected chi connectivity index (χ3v) is 4.78. The number of aliphatic imine (C=N–C) groups is 1. The minimum atomic E-state index is -0.214. The highest BCUT2D eigenvalue weighted by Crippen LogP contribution is 2.44. The van der Waals surface area contributed by atoms with Crippen LogP contribution in [0.4, 0.5) is 4.39 Å². The predicted octanol–water partition coefficient (Wildman–Crippen LogP) is 3.91. The first-order valence-corrected chi connectivity index (χ1v) is 7.97. The average Bonchev–Trinajstić information content (AvgIpc) is 2.96. The predicted molar refractivity (Wildman–Crippen MR) is 97.7 cm³/mol. The van der Waals surface area contributed by atoms with Gasteiger partial charge >= 0.3 is 0 Å². The average molecular weight is 468 g/mol. The number of halogens is 3. The number of benzene rings is 1. The lowest BCUT2D eigenvalue weighted by molar-refractivity contribution is 0.618. The van der Waals surface area contributed by atoms with E-state index in [1.807, 2.05) is 6.07 Å². The first-order chi connectivity index (χ1) is 9.63. The summed E-state index contributed by atoms with van der Waals surface area (Å²) in [7, 11) is 0. The molecule has 2 atom stereocenters. The Hall–Kier alpha value is -0.370. The summed E-state index contributed by atoms with van der Waals surface area (Å²) >= 11 is 3.17. The molecule has 21 heavy (non-hydrogen) atoms. The van der Waals surface area contributed by atoms with Crippen molar-refractivity contribution < 1.29 is 4.39 Å². The van der Waals surface area contributed by atoms with Crippen molar-refractivity contribution in [2.24, 2.45) is 10.7 Å². The maximum Gasteiger partial charge on any atom is 0.189 e. The first-order valence-electron chi connectivity index (χ1n) is 7.18. The first kappa shape index (κ1) is 17.0. The fourth-order valence-corrected chi connectivity index (χ4v) is 3.17. The van der Waals surface area contributed by atoms with Gasteiger partial charge in [-0.1, -0.05) is 18.9 Å². The molecule has 2 fully saturated rings. The molecule has 2 saturated carbocycles. The van der Waals surface area contributed by atoms with Gasteiger partial charge in [0.15, 0.2) is 5.96 Å². The molecule has 2 aliphatic rings. The zero-order chi connectivity index (χ0) is 14.1. The van der Waals surface area contributed by atoms with Gasteiger partial charge in [0.1, 0.15) is 5.82 Å². The Labute approximate surface area is 150 Å². The molecule has 0 saturated heterocycles. The summed E-state index contributed by atoms with van der Waals surface area (Å²) in [5.41, 5.74) is 6.95. The number of nitrogens with zero attached hydrogens (tertiary/aromatic N) is 1. The van der Waals surface area contributed by atoms with Crippen LogP contribution in [0, 0.1) is 5.82 Å². The number of nitrogens with two attached hydrogens (primary N) is 1. The van der Waals surface area contributed by atoms with E-state index >= 15 is 0 Å². The summed E-state index contributed by atoms with van der Waals surface area (Å²) in [5, 5.41) is 3.29. The van der Waals surface area contributed by atoms with E-state index in [2.05, 4.69) is 26.2 Å². The number of hydrogen-bond acceptors (Lipinski definition) is 1. The summed E-state index contributed by atoms with van der Waals surface area (Å²) in [5.74, 6) is 0.637. The smallest absolute Gasteiger partial charge is 0.189 e. The van der Waals surface area contributed by atoms with E-state index in [1.165, 1.54) is 25.7 Å². The van der Waals surface area contributed by atoms with E-state index in [9.17, 15) is 4.39 Å². The Morgan fingerprint density at radius 2 is 2.05 bits per heavy atom. The second-order valence-corrected chi connectivity index (χ2v) is 6.58. The number of rotatable bonds is 3. The van der Waals surface area contributed by atoms with Crippen LogP contribution >= 0.6 is 39.9 Å². The van der Waals surface area contributed by atoms with Gasteiger partial charge in [-0.3, -0.25) is 0 Å². The molecule has 0 bridgehead atoms. The Balaban J connectivity index is 0.00000161. The quantitative estimate of drug-likeness (QED) is 0.402. The summed E-state index contributed by atoms with van der Waals surface area (Å²) in [4.78, 5) is 4.51. The molecule has 0 aromatic heterocycles. The SMILES string of the molecule is I.NC(=N[C@@H]1C[C@H]1c1ccc(Br)c(F)c1)NC1CCCC1. The van der Waals surface area contributed by atoms with Crippen molar-refractivity contribution in [2.45, 2.75) is 50.1 Å². The van der Waals surface area contributed by atoms with Crippen LogP contribution in [-0.4, -0.2) is 18.0 Å². The zero-order valence-corrected chi connectivity index (χ0v) is 15.6. The zero-order valence-electron chi connectivity index (χ0n) is 11.7. The molecule has 3 rings (SSSR count). The van der Waals surface area contributed by atoms with Crippen molar-refractivity contribution in [1.29, 1.82) is 0 Å². The van der Waals surface area contributed by atoms with Crippen molar-refractivity contribution in [3.8, 4) is 0 Å². The van der Waals surface area contributed by atoms with Crippen LogP contribution in [0.1, 0.15) is 43.6 Å². The van der Waals surface area contributed by atoms with Gasteiger partial charge in [-0.15, -0.1) is 24.0 Å². The standard InChI is InChI=1S/C15H19BrFN3.HI/c16-12-6-5-9(7-13(12)17)11-8-14(11)20-15(18)19-10-3-1-2-4-10;/h5-7,10-11,14H,1-4,8H2,(H3,18,19,20);1H/t11-,14+;/m0./s1. The van der Waals surface area contributed by atoms with Gasteiger partial charge in [0.2, 0.25) is 0 Å². The molecular formula is C15H20BrFIN3. The van der Waals surface area contributed by atoms with Crippen molar-refractivity contribution in [3.05, 3.63) is 34.1 Å². The van der Waals surface area contributed by atoms with E-state index in [-0.39, 0.29) is 35.8 Å². The molecule has 3 N–H and O–H groups in total. The van der Waals surface area contributed by atoms with Gasteiger partial charge in [0, 0.05) is 12.0 Å². The Kier molecular flexibility index (Phi) is 5.88. The number of nitrogens with one attached hydrogen (secondary N) is 1. The fraction of sp³-hybridized carbons (Fsp3) is 0.533. The topological polar surface area (TPSA) is 50.4 Å². The van der Waals surface area contributed by atoms with Crippen molar-refractivity contribution in [3.63, 3.8) is 0 Å². The molecule has 1 aromatic carbocycles. The van der Waals surface area contributed by atoms with Crippen LogP contribution in [0.2, 0.25) is 0 Å². The van der Waals surface area contributed by atoms with Crippen molar-refractivity contribution >= 4 is 45.9 Å². The molecule has 2 aliphatic carbocycles. The minimum absolute atomic E-state index is 0. The van der Waals surface area contributed by atoms with Crippen LogP contribution in [0.5, 0.6) is 0 Å². The second kappa shape index (κ2) is 7.26. The maximum atomic E-state index is 13.5. The largest absolute Gasteiger partial charge is 0.370 e. The Morgan fingerprint density at radius 3 is 2.71 bits per heavy atom. The molecule has 0 amide bonds. The highest BCUT2D eigenvalue weighted by molar-refractivity contribution is 14.0. The third-order valence-electron chi connectivity index (χ3n) is 4.14. The summed E-state index contributed by atoms with van der Waals surface area (Å²) in [6.07, 6.45) is 5.86. The van der Waals surface area contributed by atoms with Crippen molar-refractivity contribution in [1.82, 2.24) is 5.32 Å². The van der Waals surface area contributed by atoms with Gasteiger partial charge in [-0.25, -0.2) is 9.38 Å². The van der Waals surface area contributed by atoms with Gasteiger partial charge in [0.25, 0.3) is 0 Å². The summed E-state index contributed by atoms with van der Waals surface area (Å²) in [6.45, 7) is 0. The van der Waals surface area contributed by atoms with Gasteiger partial charge in [-0.05, 0) is 52.9 Å². The van der Waals surface area contributed by atoms with Gasteiger partial charge in [-0.2, -0.15) is 0 Å². The molecule has 1 aromatic rings. The number of hydrogen-bond donors (Lipinski definition) is 2. The van der Waals surface area contributed by atoms with Crippen LogP contribution in [0.3, 0.4) is 0 Å². The highest BCUT2D eigenvalue weighted by atomic mass is 127. The summed E-state index contributed by atoms with van der Waals surface area (Å²) < 4.78 is 14.0. The normalized spacial score (nSPS) is 25.5. The van der Waals surface area contributed by atoms with E-state index in [0.29, 0.717) is 22.4 Å². The van der Waals surface area contributed by atoms with Gasteiger partial charge in [0.05, 0.1) is 10.5 Å². The number of guanidine groups is 1. The van der Waals surface area contributed by atoms with E-state index in [4.69, 9.17) is 5.73 Å². The van der Waals surface area contributed by atoms with E-state index < -0.39 is 0 Å². The highest BCUT2D eigenvalue weighted by Gasteiger charge is 2.39. The lowest BCUT2D eigenvalue weighted by Crippen LogP contribution is -2.38. The van der Waals surface area contributed by atoms with Crippen LogP contribution in [0.15, 0.2) is 27.7 Å². The Bertz CT molecular complexity index is 532. The molecule has 116 valence electrons. The van der Waals surface area contributed by atoms with Gasteiger partial charge < -0.3 is 11.1 Å². The van der Waals surface area contributed by atoms with Crippen molar-refractivity contribution in [2.75, 3.05) is 0 Å². The lowest BCUT2D eigenvalue weighted by atomic mass is 10.1. The minimum Gasteiger partial charge on any atom is -0.370 e. The van der Waals surface area contributed by atoms with Crippen LogP contribution < -0.4 is 11.1 Å². The van der Waals surface area contributed by atoms with E-state index in [0.717, 1.165) is 12.0 Å². The molecule has 0 spiro atoms. The molecule has 6 heteroatoms. The molecule has 0 heterocycles. The van der Waals surface area contributed by atoms with E-state index in [1.54, 1.807) is 12.1 Å². The third kappa shape index (κ3) is 4.31. The molecule has 0 aliphatic heterocycles.